The fraction of sp³-hybridized carbons (Fsp3) is 0.438. The fourth-order valence-corrected chi connectivity index (χ4v) is 2.78. The van der Waals surface area contributed by atoms with Gasteiger partial charge in [0.15, 0.2) is 0 Å². The molecule has 1 saturated carbocycles. The summed E-state index contributed by atoms with van der Waals surface area (Å²) in [6, 6.07) is 11.5. The van der Waals surface area contributed by atoms with E-state index in [1.54, 1.807) is 18.3 Å². The lowest BCUT2D eigenvalue weighted by molar-refractivity contribution is 0.0201. The van der Waals surface area contributed by atoms with Gasteiger partial charge in [0.2, 0.25) is 0 Å². The van der Waals surface area contributed by atoms with E-state index in [0.29, 0.717) is 11.6 Å². The van der Waals surface area contributed by atoms with Crippen LogP contribution in [0.15, 0.2) is 48.8 Å². The molecule has 0 unspecified atom stereocenters. The molecule has 0 N–H and O–H groups in total. The molecule has 0 saturated heterocycles. The first kappa shape index (κ1) is 13.3. The second-order valence-corrected chi connectivity index (χ2v) is 5.29. The second kappa shape index (κ2) is 6.18. The Morgan fingerprint density at radius 1 is 1.25 bits per heavy atom. The number of halogens is 1. The van der Waals surface area contributed by atoms with Crippen LogP contribution in [-0.4, -0.2) is 22.5 Å². The third-order valence-corrected chi connectivity index (χ3v) is 3.90. The van der Waals surface area contributed by atoms with E-state index in [9.17, 15) is 4.39 Å². The summed E-state index contributed by atoms with van der Waals surface area (Å²) in [6.07, 6.45) is 5.83. The van der Waals surface area contributed by atoms with Gasteiger partial charge in [0.05, 0.1) is 18.8 Å². The molecule has 0 radical (unpaired) electrons. The van der Waals surface area contributed by atoms with Crippen molar-refractivity contribution in [3.8, 4) is 0 Å². The maximum atomic E-state index is 14.0. The Morgan fingerprint density at radius 3 is 2.85 bits per heavy atom. The van der Waals surface area contributed by atoms with E-state index in [-0.39, 0.29) is 12.7 Å². The zero-order chi connectivity index (χ0) is 13.8. The van der Waals surface area contributed by atoms with E-state index in [1.807, 2.05) is 35.1 Å². The Balaban J connectivity index is 1.48. The molecular formula is C16H19FN2O. The smallest absolute Gasteiger partial charge is 0.148 e. The molecule has 1 fully saturated rings. The molecule has 20 heavy (non-hydrogen) atoms. The van der Waals surface area contributed by atoms with E-state index in [1.165, 1.54) is 0 Å². The van der Waals surface area contributed by atoms with E-state index < -0.39 is 6.17 Å². The Labute approximate surface area is 118 Å². The third kappa shape index (κ3) is 3.07. The highest BCUT2D eigenvalue weighted by molar-refractivity contribution is 5.17. The molecule has 0 spiro atoms. The van der Waals surface area contributed by atoms with Gasteiger partial charge < -0.3 is 4.74 Å². The second-order valence-electron chi connectivity index (χ2n) is 5.29. The van der Waals surface area contributed by atoms with Crippen LogP contribution >= 0.6 is 0 Å². The molecule has 4 heteroatoms. The first-order valence-corrected chi connectivity index (χ1v) is 7.12. The van der Waals surface area contributed by atoms with Crippen molar-refractivity contribution in [1.29, 1.82) is 0 Å². The number of hydrogen-bond acceptors (Lipinski definition) is 2. The topological polar surface area (TPSA) is 27.1 Å². The molecule has 0 amide bonds. The Morgan fingerprint density at radius 2 is 2.10 bits per heavy atom. The highest BCUT2D eigenvalue weighted by Crippen LogP contribution is 2.32. The number of ether oxygens (including phenoxy) is 1. The van der Waals surface area contributed by atoms with Crippen molar-refractivity contribution < 1.29 is 9.13 Å². The van der Waals surface area contributed by atoms with Crippen molar-refractivity contribution in [2.24, 2.45) is 0 Å². The fourth-order valence-electron chi connectivity index (χ4n) is 2.78. The average Bonchev–Trinajstić information content (AvgIpc) is 3.16. The van der Waals surface area contributed by atoms with Gasteiger partial charge in [-0.15, -0.1) is 0 Å². The number of alkyl halides is 1. The number of hydrogen-bond donors (Lipinski definition) is 0. The molecule has 0 aliphatic heterocycles. The minimum Gasteiger partial charge on any atom is -0.375 e. The van der Waals surface area contributed by atoms with Crippen LogP contribution in [0.25, 0.3) is 0 Å². The predicted molar refractivity (Wildman–Crippen MR) is 75.1 cm³/mol. The van der Waals surface area contributed by atoms with E-state index in [4.69, 9.17) is 4.74 Å². The van der Waals surface area contributed by atoms with E-state index in [2.05, 4.69) is 5.10 Å². The summed E-state index contributed by atoms with van der Waals surface area (Å²) in [7, 11) is 0. The van der Waals surface area contributed by atoms with Gasteiger partial charge in [-0.2, -0.15) is 5.10 Å². The van der Waals surface area contributed by atoms with E-state index in [0.717, 1.165) is 19.3 Å². The Hall–Kier alpha value is -1.68. The first-order chi connectivity index (χ1) is 9.83. The summed E-state index contributed by atoms with van der Waals surface area (Å²) >= 11 is 0. The summed E-state index contributed by atoms with van der Waals surface area (Å²) < 4.78 is 21.7. The molecule has 1 aliphatic rings. The minimum atomic E-state index is -1.04. The molecule has 3 atom stereocenters. The maximum absolute atomic E-state index is 14.0. The van der Waals surface area contributed by atoms with Gasteiger partial charge in [-0.25, -0.2) is 4.39 Å². The summed E-state index contributed by atoms with van der Waals surface area (Å²) in [6.45, 7) is 0.139. The number of aromatic nitrogens is 2. The lowest BCUT2D eigenvalue weighted by Crippen LogP contribution is -2.14. The molecule has 3 nitrogen and oxygen atoms in total. The van der Waals surface area contributed by atoms with Crippen LogP contribution in [0.2, 0.25) is 0 Å². The van der Waals surface area contributed by atoms with Gasteiger partial charge in [-0.1, -0.05) is 30.3 Å². The standard InChI is InChI=1S/C16H19FN2O/c17-16(13-5-2-1-3-6-13)12-20-15-8-7-14(11-15)19-10-4-9-18-19/h1-6,9-10,14-16H,7-8,11-12H2/t14-,15-,16-/m0/s1. The molecule has 1 heterocycles. The van der Waals surface area contributed by atoms with Crippen LogP contribution in [0, 0.1) is 0 Å². The van der Waals surface area contributed by atoms with Crippen LogP contribution in [0.1, 0.15) is 37.0 Å². The van der Waals surface area contributed by atoms with Crippen LogP contribution in [-0.2, 0) is 4.74 Å². The largest absolute Gasteiger partial charge is 0.375 e. The Bertz CT molecular complexity index is 515. The van der Waals surface area contributed by atoms with Crippen molar-refractivity contribution in [2.45, 2.75) is 37.6 Å². The summed E-state index contributed by atoms with van der Waals surface area (Å²) in [5, 5.41) is 4.26. The van der Waals surface area contributed by atoms with Crippen molar-refractivity contribution in [3.63, 3.8) is 0 Å². The van der Waals surface area contributed by atoms with Gasteiger partial charge in [-0.05, 0) is 30.9 Å². The highest BCUT2D eigenvalue weighted by Gasteiger charge is 2.27. The predicted octanol–water partition coefficient (Wildman–Crippen LogP) is 3.70. The van der Waals surface area contributed by atoms with E-state index >= 15 is 0 Å². The van der Waals surface area contributed by atoms with Crippen molar-refractivity contribution in [2.75, 3.05) is 6.61 Å². The van der Waals surface area contributed by atoms with Crippen LogP contribution in [0.4, 0.5) is 4.39 Å². The third-order valence-electron chi connectivity index (χ3n) is 3.90. The molecule has 106 valence electrons. The molecule has 1 aromatic carbocycles. The molecule has 3 rings (SSSR count). The molecule has 0 bridgehead atoms. The minimum absolute atomic E-state index is 0.139. The monoisotopic (exact) mass is 274 g/mol. The van der Waals surface area contributed by atoms with Gasteiger partial charge in [0, 0.05) is 12.4 Å². The SMILES string of the molecule is F[C@@H](CO[C@H]1CC[C@H](n2cccn2)C1)c1ccccc1. The van der Waals surface area contributed by atoms with Crippen molar-refractivity contribution >= 4 is 0 Å². The first-order valence-electron chi connectivity index (χ1n) is 7.12. The normalized spacial score (nSPS) is 23.9. The van der Waals surface area contributed by atoms with Gasteiger partial charge >= 0.3 is 0 Å². The summed E-state index contributed by atoms with van der Waals surface area (Å²) in [4.78, 5) is 0. The van der Waals surface area contributed by atoms with Gasteiger partial charge in [0.1, 0.15) is 6.17 Å². The molecular weight excluding hydrogens is 255 g/mol. The van der Waals surface area contributed by atoms with Crippen molar-refractivity contribution in [1.82, 2.24) is 9.78 Å². The lowest BCUT2D eigenvalue weighted by atomic mass is 10.1. The number of nitrogens with zero attached hydrogens (tertiary/aromatic N) is 2. The zero-order valence-electron chi connectivity index (χ0n) is 11.4. The molecule has 2 aromatic rings. The van der Waals surface area contributed by atoms with Gasteiger partial charge in [0.25, 0.3) is 0 Å². The van der Waals surface area contributed by atoms with Crippen LogP contribution < -0.4 is 0 Å². The highest BCUT2D eigenvalue weighted by atomic mass is 19.1. The van der Waals surface area contributed by atoms with Crippen LogP contribution in [0.3, 0.4) is 0 Å². The quantitative estimate of drug-likeness (QED) is 0.831. The summed E-state index contributed by atoms with van der Waals surface area (Å²) in [5.74, 6) is 0. The zero-order valence-corrected chi connectivity index (χ0v) is 11.4. The lowest BCUT2D eigenvalue weighted by Gasteiger charge is -2.15. The molecule has 1 aromatic heterocycles. The average molecular weight is 274 g/mol. The van der Waals surface area contributed by atoms with Crippen molar-refractivity contribution in [3.05, 3.63) is 54.4 Å². The number of benzene rings is 1. The molecule has 1 aliphatic carbocycles. The van der Waals surface area contributed by atoms with Gasteiger partial charge in [-0.3, -0.25) is 4.68 Å². The summed E-state index contributed by atoms with van der Waals surface area (Å²) in [5.41, 5.74) is 0.689. The van der Waals surface area contributed by atoms with Crippen LogP contribution in [0.5, 0.6) is 0 Å². The maximum Gasteiger partial charge on any atom is 0.148 e. The Kier molecular flexibility index (Phi) is 4.11. The number of rotatable bonds is 5.